The topological polar surface area (TPSA) is 99.1 Å². The van der Waals surface area contributed by atoms with Crippen molar-refractivity contribution in [3.8, 4) is 0 Å². The Morgan fingerprint density at radius 2 is 1.39 bits per heavy atom. The van der Waals surface area contributed by atoms with Crippen LogP contribution in [-0.4, -0.2) is 33.0 Å². The summed E-state index contributed by atoms with van der Waals surface area (Å²) in [7, 11) is 1.59. The predicted octanol–water partition coefficient (Wildman–Crippen LogP) is 5.29. The fraction of sp³-hybridized carbons (Fsp3) is 0.625. The fourth-order valence-corrected chi connectivity index (χ4v) is 2.39. The van der Waals surface area contributed by atoms with Crippen molar-refractivity contribution in [2.24, 2.45) is 18.2 Å². The number of hydrogen-bond donors (Lipinski definition) is 2. The number of nitrogens with two attached hydrogens (primary N) is 1. The van der Waals surface area contributed by atoms with Gasteiger partial charge in [0.1, 0.15) is 6.04 Å². The SMILES string of the molecule is CC.CC(C)(F)F.CCCC.Cn1c(=O)n(C(=O)N[C@H](C(N)=O)C(C)(C)C)c2ccccc21. The number of aromatic nitrogens is 2. The zero-order valence-corrected chi connectivity index (χ0v) is 21.8. The maximum atomic E-state index is 12.5. The lowest BCUT2D eigenvalue weighted by Gasteiger charge is -2.28. The van der Waals surface area contributed by atoms with Gasteiger partial charge in [-0.25, -0.2) is 22.9 Å². The Morgan fingerprint density at radius 1 is 1.00 bits per heavy atom. The van der Waals surface area contributed by atoms with Crippen molar-refractivity contribution in [3.63, 3.8) is 0 Å². The molecule has 0 unspecified atom stereocenters. The summed E-state index contributed by atoms with van der Waals surface area (Å²) in [4.78, 5) is 36.3. The van der Waals surface area contributed by atoms with Crippen molar-refractivity contribution in [1.82, 2.24) is 14.5 Å². The van der Waals surface area contributed by atoms with E-state index in [4.69, 9.17) is 5.73 Å². The predicted molar refractivity (Wildman–Crippen MR) is 132 cm³/mol. The van der Waals surface area contributed by atoms with Crippen LogP contribution in [0.5, 0.6) is 0 Å². The molecule has 2 aromatic rings. The van der Waals surface area contributed by atoms with Crippen molar-refractivity contribution >= 4 is 23.0 Å². The number of aryl methyl sites for hydroxylation is 1. The van der Waals surface area contributed by atoms with E-state index in [0.29, 0.717) is 11.0 Å². The zero-order valence-electron chi connectivity index (χ0n) is 21.8. The van der Waals surface area contributed by atoms with Gasteiger partial charge >= 0.3 is 11.7 Å². The van der Waals surface area contributed by atoms with Gasteiger partial charge < -0.3 is 11.1 Å². The Bertz CT molecular complexity index is 914. The molecule has 0 aliphatic heterocycles. The molecular weight excluding hydrogens is 430 g/mol. The second-order valence-electron chi connectivity index (χ2n) is 8.64. The monoisotopic (exact) mass is 472 g/mol. The smallest absolute Gasteiger partial charge is 0.337 e. The molecular formula is C24H42F2N4O3. The minimum atomic E-state index is -2.50. The number of fused-ring (bicyclic) bond motifs is 1. The maximum absolute atomic E-state index is 12.5. The summed E-state index contributed by atoms with van der Waals surface area (Å²) in [6, 6.07) is 5.39. The molecule has 0 saturated heterocycles. The van der Waals surface area contributed by atoms with Crippen LogP contribution in [0.1, 0.15) is 75.2 Å². The largest absolute Gasteiger partial charge is 0.368 e. The van der Waals surface area contributed by atoms with Crippen LogP contribution in [0.4, 0.5) is 13.6 Å². The second kappa shape index (κ2) is 14.4. The van der Waals surface area contributed by atoms with Crippen molar-refractivity contribution in [2.75, 3.05) is 0 Å². The molecule has 2 amide bonds. The van der Waals surface area contributed by atoms with Gasteiger partial charge in [0, 0.05) is 7.05 Å². The number of hydrogen-bond acceptors (Lipinski definition) is 3. The van der Waals surface area contributed by atoms with E-state index in [9.17, 15) is 23.2 Å². The summed E-state index contributed by atoms with van der Waals surface area (Å²) >= 11 is 0. The molecule has 0 aliphatic rings. The molecule has 190 valence electrons. The van der Waals surface area contributed by atoms with E-state index in [1.165, 1.54) is 17.4 Å². The van der Waals surface area contributed by atoms with E-state index in [0.717, 1.165) is 18.4 Å². The van der Waals surface area contributed by atoms with Gasteiger partial charge in [-0.1, -0.05) is 73.4 Å². The van der Waals surface area contributed by atoms with Crippen molar-refractivity contribution in [3.05, 3.63) is 34.7 Å². The van der Waals surface area contributed by atoms with Crippen LogP contribution in [0.3, 0.4) is 0 Å². The third-order valence-corrected chi connectivity index (χ3v) is 4.08. The quantitative estimate of drug-likeness (QED) is 0.635. The van der Waals surface area contributed by atoms with E-state index >= 15 is 0 Å². The molecule has 7 nitrogen and oxygen atoms in total. The lowest BCUT2D eigenvalue weighted by molar-refractivity contribution is -0.122. The van der Waals surface area contributed by atoms with Crippen LogP contribution >= 0.6 is 0 Å². The normalized spacial score (nSPS) is 11.6. The van der Waals surface area contributed by atoms with Gasteiger partial charge in [-0.15, -0.1) is 0 Å². The highest BCUT2D eigenvalue weighted by Crippen LogP contribution is 2.19. The molecule has 0 radical (unpaired) electrons. The summed E-state index contributed by atoms with van der Waals surface area (Å²) in [5.74, 6) is -3.14. The summed E-state index contributed by atoms with van der Waals surface area (Å²) in [5.41, 5.74) is 5.43. The first-order chi connectivity index (χ1) is 15.1. The van der Waals surface area contributed by atoms with Crippen LogP contribution < -0.4 is 16.7 Å². The summed E-state index contributed by atoms with van der Waals surface area (Å²) in [5, 5.41) is 2.56. The number of primary amides is 1. The highest BCUT2D eigenvalue weighted by Gasteiger charge is 2.32. The maximum Gasteiger partial charge on any atom is 0.337 e. The number of para-hydroxylation sites is 2. The molecule has 1 aromatic carbocycles. The molecule has 0 saturated carbocycles. The third-order valence-electron chi connectivity index (χ3n) is 4.08. The summed E-state index contributed by atoms with van der Waals surface area (Å²) < 4.78 is 24.4. The summed E-state index contributed by atoms with van der Waals surface area (Å²) in [6.45, 7) is 15.4. The van der Waals surface area contributed by atoms with Gasteiger partial charge in [0.2, 0.25) is 11.8 Å². The number of amides is 2. The van der Waals surface area contributed by atoms with E-state index in [-0.39, 0.29) is 0 Å². The minimum Gasteiger partial charge on any atom is -0.368 e. The van der Waals surface area contributed by atoms with Gasteiger partial charge in [-0.05, 0) is 31.4 Å². The lowest BCUT2D eigenvalue weighted by atomic mass is 9.86. The number of carbonyl (C=O) groups is 2. The number of imidazole rings is 1. The highest BCUT2D eigenvalue weighted by molar-refractivity contribution is 5.92. The number of unbranched alkanes of at least 4 members (excludes halogenated alkanes) is 1. The average Bonchev–Trinajstić information content (AvgIpc) is 2.96. The average molecular weight is 473 g/mol. The van der Waals surface area contributed by atoms with Gasteiger partial charge in [0.15, 0.2) is 0 Å². The number of nitrogens with one attached hydrogen (secondary N) is 1. The Morgan fingerprint density at radius 3 is 1.73 bits per heavy atom. The molecule has 9 heteroatoms. The Balaban J connectivity index is 0. The van der Waals surface area contributed by atoms with E-state index in [1.54, 1.807) is 52.1 Å². The lowest BCUT2D eigenvalue weighted by Crippen LogP contribution is -2.54. The van der Waals surface area contributed by atoms with Crippen LogP contribution in [0.25, 0.3) is 11.0 Å². The molecule has 0 fully saturated rings. The third kappa shape index (κ3) is 11.6. The highest BCUT2D eigenvalue weighted by atomic mass is 19.3. The van der Waals surface area contributed by atoms with Crippen LogP contribution in [0.2, 0.25) is 0 Å². The number of nitrogens with zero attached hydrogens (tertiary/aromatic N) is 2. The van der Waals surface area contributed by atoms with Gasteiger partial charge in [0.05, 0.1) is 11.0 Å². The Labute approximate surface area is 196 Å². The zero-order chi connectivity index (χ0) is 26.6. The molecule has 2 rings (SSSR count). The minimum absolute atomic E-state index is 0.476. The van der Waals surface area contributed by atoms with Crippen LogP contribution in [0.15, 0.2) is 29.1 Å². The molecule has 1 atom stereocenters. The second-order valence-corrected chi connectivity index (χ2v) is 8.64. The molecule has 1 heterocycles. The summed E-state index contributed by atoms with van der Waals surface area (Å²) in [6.07, 6.45) is 2.64. The van der Waals surface area contributed by atoms with Crippen molar-refractivity contribution in [2.45, 2.75) is 87.1 Å². The Hall–Kier alpha value is -2.71. The first kappa shape index (κ1) is 32.5. The molecule has 0 spiro atoms. The number of carbonyl (C=O) groups excluding carboxylic acids is 2. The van der Waals surface area contributed by atoms with E-state index in [2.05, 4.69) is 19.2 Å². The van der Waals surface area contributed by atoms with Crippen LogP contribution in [0, 0.1) is 5.41 Å². The van der Waals surface area contributed by atoms with Gasteiger partial charge in [0.25, 0.3) is 0 Å². The molecule has 33 heavy (non-hydrogen) atoms. The number of benzene rings is 1. The number of halogens is 2. The van der Waals surface area contributed by atoms with Crippen molar-refractivity contribution < 1.29 is 18.4 Å². The molecule has 0 aliphatic carbocycles. The fourth-order valence-electron chi connectivity index (χ4n) is 2.39. The standard InChI is InChI=1S/C15H20N4O3.C4H10.C3H6F2.C2H6/c1-15(2,3)11(12(16)20)17-13(21)19-10-8-6-5-7-9(10)18(4)14(19)22;1-3-4-2;1-3(2,4)5;1-2/h5-8,11H,1-4H3,(H2,16,20)(H,17,21);3-4H2,1-2H3;1-2H3;1-2H3/t11-;;;/m1.../s1. The van der Waals surface area contributed by atoms with Gasteiger partial charge in [-0.2, -0.15) is 0 Å². The van der Waals surface area contributed by atoms with E-state index < -0.39 is 35.0 Å². The van der Waals surface area contributed by atoms with E-state index in [1.807, 2.05) is 13.8 Å². The number of alkyl halides is 2. The van der Waals surface area contributed by atoms with Crippen LogP contribution in [-0.2, 0) is 11.8 Å². The first-order valence-electron chi connectivity index (χ1n) is 11.2. The first-order valence-corrected chi connectivity index (χ1v) is 11.2. The Kier molecular flexibility index (Phi) is 14.2. The van der Waals surface area contributed by atoms with Gasteiger partial charge in [-0.3, -0.25) is 9.36 Å². The molecule has 1 aromatic heterocycles. The molecule has 3 N–H and O–H groups in total. The van der Waals surface area contributed by atoms with Crippen molar-refractivity contribution in [1.29, 1.82) is 0 Å². The number of rotatable bonds is 3. The molecule has 0 bridgehead atoms.